The third-order valence-corrected chi connectivity index (χ3v) is 2.26. The molecule has 1 aliphatic rings. The molecule has 0 N–H and O–H groups in total. The fourth-order valence-corrected chi connectivity index (χ4v) is 1.53. The molecule has 1 aromatic rings. The quantitative estimate of drug-likeness (QED) is 0.546. The van der Waals surface area contributed by atoms with Gasteiger partial charge in [-0.25, -0.2) is 0 Å². The van der Waals surface area contributed by atoms with Gasteiger partial charge in [0.1, 0.15) is 0 Å². The van der Waals surface area contributed by atoms with Crippen LogP contribution < -0.4 is 0 Å². The highest BCUT2D eigenvalue weighted by atomic mass is 16.6. The van der Waals surface area contributed by atoms with Crippen LogP contribution in [0.15, 0.2) is 34.8 Å². The van der Waals surface area contributed by atoms with Crippen molar-refractivity contribution in [2.24, 2.45) is 4.99 Å². The summed E-state index contributed by atoms with van der Waals surface area (Å²) in [7, 11) is 0. The van der Waals surface area contributed by atoms with E-state index in [-0.39, 0.29) is 10.6 Å². The Bertz CT molecular complexity index is 450. The summed E-state index contributed by atoms with van der Waals surface area (Å²) in [5.41, 5.74) is 1.83. The fourth-order valence-electron chi connectivity index (χ4n) is 1.53. The van der Waals surface area contributed by atoms with Gasteiger partial charge < -0.3 is 0 Å². The largest absolute Gasteiger partial charge is 0.293 e. The molecule has 0 spiro atoms. The Morgan fingerprint density at radius 3 is 2.87 bits per heavy atom. The predicted molar refractivity (Wildman–Crippen MR) is 59.0 cm³/mol. The molecule has 0 radical (unpaired) electrons. The van der Waals surface area contributed by atoms with Crippen LogP contribution in [0.2, 0.25) is 0 Å². The van der Waals surface area contributed by atoms with Crippen molar-refractivity contribution in [3.63, 3.8) is 0 Å². The van der Waals surface area contributed by atoms with Gasteiger partial charge >= 0.3 is 0 Å². The number of hydrogen-bond donors (Lipinski definition) is 0. The van der Waals surface area contributed by atoms with E-state index in [1.54, 1.807) is 24.4 Å². The summed E-state index contributed by atoms with van der Waals surface area (Å²) >= 11 is 0. The third kappa shape index (κ3) is 2.10. The third-order valence-electron chi connectivity index (χ3n) is 2.26. The van der Waals surface area contributed by atoms with E-state index in [0.717, 1.165) is 18.5 Å². The molecule has 0 amide bonds. The summed E-state index contributed by atoms with van der Waals surface area (Å²) in [6.07, 6.45) is 4.47. The molecular weight excluding hydrogens is 192 g/mol. The van der Waals surface area contributed by atoms with Gasteiger partial charge in [0.15, 0.2) is 0 Å². The molecule has 1 aromatic carbocycles. The van der Waals surface area contributed by atoms with Crippen molar-refractivity contribution in [2.45, 2.75) is 6.42 Å². The number of nitro benzene ring substituents is 1. The molecule has 76 valence electrons. The minimum Gasteiger partial charge on any atom is -0.293 e. The molecule has 0 saturated heterocycles. The van der Waals surface area contributed by atoms with E-state index < -0.39 is 0 Å². The van der Waals surface area contributed by atoms with E-state index in [1.807, 2.05) is 6.08 Å². The number of benzene rings is 1. The number of rotatable bonds is 2. The average molecular weight is 202 g/mol. The summed E-state index contributed by atoms with van der Waals surface area (Å²) in [6, 6.07) is 6.73. The van der Waals surface area contributed by atoms with Gasteiger partial charge in [-0.15, -0.1) is 0 Å². The standard InChI is InChI=1S/C11H10N2O2/c14-13(15)11-4-2-1-3-10(11)7-9-5-6-12-8-9/h1-4,7-8H,5-6H2/b9-7+. The number of hydrogen-bond acceptors (Lipinski definition) is 3. The van der Waals surface area contributed by atoms with Crippen molar-refractivity contribution in [1.29, 1.82) is 0 Å². The lowest BCUT2D eigenvalue weighted by molar-refractivity contribution is -0.385. The zero-order valence-electron chi connectivity index (χ0n) is 8.09. The van der Waals surface area contributed by atoms with Crippen molar-refractivity contribution in [2.75, 3.05) is 6.54 Å². The Morgan fingerprint density at radius 2 is 2.20 bits per heavy atom. The SMILES string of the molecule is O=[N+]([O-])c1ccccc1/C=C1/C=NCC1. The van der Waals surface area contributed by atoms with E-state index in [2.05, 4.69) is 4.99 Å². The second-order valence-corrected chi connectivity index (χ2v) is 3.32. The van der Waals surface area contributed by atoms with Crippen molar-refractivity contribution < 1.29 is 4.92 Å². The van der Waals surface area contributed by atoms with Gasteiger partial charge in [-0.3, -0.25) is 15.1 Å². The second kappa shape index (κ2) is 4.04. The maximum absolute atomic E-state index is 10.7. The first-order chi connectivity index (χ1) is 7.27. The summed E-state index contributed by atoms with van der Waals surface area (Å²) in [6.45, 7) is 0.784. The average Bonchev–Trinajstić information content (AvgIpc) is 2.71. The zero-order valence-corrected chi connectivity index (χ0v) is 8.09. The van der Waals surface area contributed by atoms with Crippen LogP contribution in [0.4, 0.5) is 5.69 Å². The molecular formula is C11H10N2O2. The molecule has 0 unspecified atom stereocenters. The smallest absolute Gasteiger partial charge is 0.276 e. The summed E-state index contributed by atoms with van der Waals surface area (Å²) in [5.74, 6) is 0. The van der Waals surface area contributed by atoms with Crippen molar-refractivity contribution in [1.82, 2.24) is 0 Å². The maximum atomic E-state index is 10.7. The van der Waals surface area contributed by atoms with Crippen LogP contribution in [-0.2, 0) is 0 Å². The normalized spacial score (nSPS) is 17.2. The molecule has 1 heterocycles. The van der Waals surface area contributed by atoms with E-state index in [0.29, 0.717) is 5.56 Å². The molecule has 0 atom stereocenters. The molecule has 0 fully saturated rings. The van der Waals surface area contributed by atoms with Crippen LogP contribution in [0.3, 0.4) is 0 Å². The number of nitrogens with zero attached hydrogens (tertiary/aromatic N) is 2. The molecule has 0 aliphatic carbocycles. The first-order valence-electron chi connectivity index (χ1n) is 4.71. The molecule has 1 aliphatic heterocycles. The van der Waals surface area contributed by atoms with Gasteiger partial charge in [-0.05, 0) is 24.1 Å². The lowest BCUT2D eigenvalue weighted by atomic mass is 10.1. The number of nitro groups is 1. The Morgan fingerprint density at radius 1 is 1.40 bits per heavy atom. The van der Waals surface area contributed by atoms with Crippen LogP contribution in [0, 0.1) is 10.1 Å². The van der Waals surface area contributed by atoms with E-state index in [4.69, 9.17) is 0 Å². The molecule has 4 nitrogen and oxygen atoms in total. The Balaban J connectivity index is 2.39. The Hall–Kier alpha value is -1.97. The van der Waals surface area contributed by atoms with Crippen LogP contribution in [-0.4, -0.2) is 17.7 Å². The van der Waals surface area contributed by atoms with Crippen molar-refractivity contribution >= 4 is 18.0 Å². The lowest BCUT2D eigenvalue weighted by Crippen LogP contribution is -1.91. The first-order valence-corrected chi connectivity index (χ1v) is 4.71. The summed E-state index contributed by atoms with van der Waals surface area (Å²) < 4.78 is 0. The predicted octanol–water partition coefficient (Wildman–Crippen LogP) is 2.45. The van der Waals surface area contributed by atoms with Gasteiger partial charge in [-0.2, -0.15) is 0 Å². The zero-order chi connectivity index (χ0) is 10.7. The van der Waals surface area contributed by atoms with E-state index in [1.165, 1.54) is 6.07 Å². The maximum Gasteiger partial charge on any atom is 0.276 e. The minimum atomic E-state index is -0.363. The van der Waals surface area contributed by atoms with Crippen LogP contribution in [0.1, 0.15) is 12.0 Å². The molecule has 0 bridgehead atoms. The molecule has 0 aromatic heterocycles. The molecule has 2 rings (SSSR count). The minimum absolute atomic E-state index is 0.144. The van der Waals surface area contributed by atoms with Gasteiger partial charge in [0, 0.05) is 18.8 Å². The summed E-state index contributed by atoms with van der Waals surface area (Å²) in [4.78, 5) is 14.4. The topological polar surface area (TPSA) is 55.5 Å². The van der Waals surface area contributed by atoms with Gasteiger partial charge in [0.2, 0.25) is 0 Å². The van der Waals surface area contributed by atoms with Gasteiger partial charge in [0.25, 0.3) is 5.69 Å². The van der Waals surface area contributed by atoms with Gasteiger partial charge in [-0.1, -0.05) is 12.1 Å². The monoisotopic (exact) mass is 202 g/mol. The Kier molecular flexibility index (Phi) is 2.58. The van der Waals surface area contributed by atoms with E-state index >= 15 is 0 Å². The molecule has 0 saturated carbocycles. The lowest BCUT2D eigenvalue weighted by Gasteiger charge is -1.97. The highest BCUT2D eigenvalue weighted by Gasteiger charge is 2.11. The van der Waals surface area contributed by atoms with Gasteiger partial charge in [0.05, 0.1) is 10.5 Å². The number of aliphatic imine (C=N–C) groups is 1. The first kappa shape index (κ1) is 9.58. The highest BCUT2D eigenvalue weighted by molar-refractivity contribution is 5.88. The highest BCUT2D eigenvalue weighted by Crippen LogP contribution is 2.21. The van der Waals surface area contributed by atoms with E-state index in [9.17, 15) is 10.1 Å². The fraction of sp³-hybridized carbons (Fsp3) is 0.182. The van der Waals surface area contributed by atoms with Crippen LogP contribution >= 0.6 is 0 Å². The van der Waals surface area contributed by atoms with Crippen LogP contribution in [0.25, 0.3) is 6.08 Å². The Labute approximate surface area is 87.1 Å². The number of para-hydroxylation sites is 1. The molecule has 4 heteroatoms. The summed E-state index contributed by atoms with van der Waals surface area (Å²) in [5, 5.41) is 10.7. The van der Waals surface area contributed by atoms with Crippen molar-refractivity contribution in [3.05, 3.63) is 45.5 Å². The van der Waals surface area contributed by atoms with Crippen molar-refractivity contribution in [3.8, 4) is 0 Å². The van der Waals surface area contributed by atoms with Crippen LogP contribution in [0.5, 0.6) is 0 Å². The second-order valence-electron chi connectivity index (χ2n) is 3.32. The molecule has 15 heavy (non-hydrogen) atoms.